The number of hydrogen-bond donors (Lipinski definition) is 0. The van der Waals surface area contributed by atoms with Crippen LogP contribution >= 0.6 is 22.6 Å². The number of esters is 1. The summed E-state index contributed by atoms with van der Waals surface area (Å²) in [6.45, 7) is 5.68. The first-order valence-electron chi connectivity index (χ1n) is 5.84. The van der Waals surface area contributed by atoms with Gasteiger partial charge in [-0.3, -0.25) is 4.79 Å². The van der Waals surface area contributed by atoms with E-state index in [4.69, 9.17) is 4.74 Å². The minimum absolute atomic E-state index is 0.108. The smallest absolute Gasteiger partial charge is 0.306 e. The Hall–Kier alpha value is -0.580. The Morgan fingerprint density at radius 2 is 1.94 bits per heavy atom. The van der Waals surface area contributed by atoms with Crippen LogP contribution in [0, 0.1) is 3.57 Å². The summed E-state index contributed by atoms with van der Waals surface area (Å²) in [5.74, 6) is -0.108. The number of benzene rings is 1. The number of hydrogen-bond acceptors (Lipinski definition) is 2. The van der Waals surface area contributed by atoms with Crippen LogP contribution in [0.5, 0.6) is 0 Å². The molecule has 0 N–H and O–H groups in total. The second-order valence-electron chi connectivity index (χ2n) is 5.03. The third-order valence-electron chi connectivity index (χ3n) is 2.20. The van der Waals surface area contributed by atoms with Crippen molar-refractivity contribution >= 4 is 28.6 Å². The summed E-state index contributed by atoms with van der Waals surface area (Å²) in [7, 11) is 0. The van der Waals surface area contributed by atoms with Crippen LogP contribution in [0.1, 0.15) is 39.2 Å². The van der Waals surface area contributed by atoms with E-state index < -0.39 is 0 Å². The number of aryl methyl sites for hydroxylation is 1. The van der Waals surface area contributed by atoms with Crippen LogP contribution in [0.4, 0.5) is 0 Å². The molecule has 1 aromatic rings. The number of carbonyl (C=O) groups excluding carboxylic acids is 1. The molecule has 17 heavy (non-hydrogen) atoms. The van der Waals surface area contributed by atoms with Gasteiger partial charge in [-0.25, -0.2) is 0 Å². The summed E-state index contributed by atoms with van der Waals surface area (Å²) in [5, 5.41) is 0. The monoisotopic (exact) mass is 346 g/mol. The summed E-state index contributed by atoms with van der Waals surface area (Å²) < 4.78 is 6.52. The van der Waals surface area contributed by atoms with E-state index in [1.165, 1.54) is 9.13 Å². The molecule has 0 heterocycles. The molecule has 94 valence electrons. The minimum Gasteiger partial charge on any atom is -0.460 e. The first kappa shape index (κ1) is 14.5. The molecule has 0 saturated carbocycles. The van der Waals surface area contributed by atoms with Gasteiger partial charge in [0.05, 0.1) is 0 Å². The Morgan fingerprint density at radius 3 is 2.53 bits per heavy atom. The highest BCUT2D eigenvalue weighted by Gasteiger charge is 2.15. The van der Waals surface area contributed by atoms with E-state index in [-0.39, 0.29) is 11.6 Å². The SMILES string of the molecule is CC(C)(C)OC(=O)CCCc1ccccc1I. The number of carbonyl (C=O) groups is 1. The van der Waals surface area contributed by atoms with E-state index in [0.717, 1.165) is 12.8 Å². The molecule has 0 spiro atoms. The molecule has 0 radical (unpaired) electrons. The largest absolute Gasteiger partial charge is 0.460 e. The van der Waals surface area contributed by atoms with Gasteiger partial charge in [-0.05, 0) is 67.8 Å². The summed E-state index contributed by atoms with van der Waals surface area (Å²) in [4.78, 5) is 11.5. The highest BCUT2D eigenvalue weighted by Crippen LogP contribution is 2.15. The predicted octanol–water partition coefficient (Wildman–Crippen LogP) is 3.96. The molecule has 0 atom stereocenters. The first-order valence-corrected chi connectivity index (χ1v) is 6.91. The summed E-state index contributed by atoms with van der Waals surface area (Å²) in [6, 6.07) is 8.25. The van der Waals surface area contributed by atoms with Crippen molar-refractivity contribution in [3.8, 4) is 0 Å². The Morgan fingerprint density at radius 1 is 1.29 bits per heavy atom. The minimum atomic E-state index is -0.377. The Kier molecular flexibility index (Phi) is 5.43. The van der Waals surface area contributed by atoms with Gasteiger partial charge in [0.25, 0.3) is 0 Å². The fraction of sp³-hybridized carbons (Fsp3) is 0.500. The summed E-state index contributed by atoms with van der Waals surface area (Å²) in [5.41, 5.74) is 0.926. The third kappa shape index (κ3) is 6.05. The van der Waals surface area contributed by atoms with E-state index >= 15 is 0 Å². The van der Waals surface area contributed by atoms with Crippen LogP contribution in [0.15, 0.2) is 24.3 Å². The lowest BCUT2D eigenvalue weighted by atomic mass is 10.1. The van der Waals surface area contributed by atoms with Crippen molar-refractivity contribution in [1.29, 1.82) is 0 Å². The van der Waals surface area contributed by atoms with Gasteiger partial charge in [-0.1, -0.05) is 18.2 Å². The van der Waals surface area contributed by atoms with Gasteiger partial charge >= 0.3 is 5.97 Å². The lowest BCUT2D eigenvalue weighted by Crippen LogP contribution is -2.23. The van der Waals surface area contributed by atoms with Crippen molar-refractivity contribution in [2.24, 2.45) is 0 Å². The predicted molar refractivity (Wildman–Crippen MR) is 77.9 cm³/mol. The fourth-order valence-corrected chi connectivity index (χ4v) is 2.17. The van der Waals surface area contributed by atoms with Gasteiger partial charge < -0.3 is 4.74 Å². The van der Waals surface area contributed by atoms with Crippen molar-refractivity contribution in [3.63, 3.8) is 0 Å². The van der Waals surface area contributed by atoms with Crippen LogP contribution < -0.4 is 0 Å². The molecule has 0 unspecified atom stereocenters. The highest BCUT2D eigenvalue weighted by molar-refractivity contribution is 14.1. The van der Waals surface area contributed by atoms with Crippen LogP contribution in [0.25, 0.3) is 0 Å². The second kappa shape index (κ2) is 6.38. The van der Waals surface area contributed by atoms with Crippen molar-refractivity contribution in [2.45, 2.75) is 45.6 Å². The van der Waals surface area contributed by atoms with Crippen LogP contribution in [-0.4, -0.2) is 11.6 Å². The van der Waals surface area contributed by atoms with E-state index in [2.05, 4.69) is 34.7 Å². The van der Waals surface area contributed by atoms with Crippen molar-refractivity contribution in [1.82, 2.24) is 0 Å². The zero-order valence-electron chi connectivity index (χ0n) is 10.6. The Bertz CT molecular complexity index is 380. The molecule has 3 heteroatoms. The highest BCUT2D eigenvalue weighted by atomic mass is 127. The molecular formula is C14H19IO2. The first-order chi connectivity index (χ1) is 7.88. The Balaban J connectivity index is 2.34. The van der Waals surface area contributed by atoms with Crippen LogP contribution in [0.2, 0.25) is 0 Å². The maximum atomic E-state index is 11.5. The van der Waals surface area contributed by atoms with E-state index in [0.29, 0.717) is 6.42 Å². The molecule has 0 fully saturated rings. The third-order valence-corrected chi connectivity index (χ3v) is 3.26. The molecular weight excluding hydrogens is 327 g/mol. The standard InChI is InChI=1S/C14H19IO2/c1-14(2,3)17-13(16)10-6-8-11-7-4-5-9-12(11)15/h4-5,7,9H,6,8,10H2,1-3H3. The van der Waals surface area contributed by atoms with Crippen LogP contribution in [0.3, 0.4) is 0 Å². The van der Waals surface area contributed by atoms with E-state index in [9.17, 15) is 4.79 Å². The van der Waals surface area contributed by atoms with Crippen molar-refractivity contribution in [3.05, 3.63) is 33.4 Å². The zero-order valence-corrected chi connectivity index (χ0v) is 12.8. The topological polar surface area (TPSA) is 26.3 Å². The molecule has 1 aromatic carbocycles. The summed E-state index contributed by atoms with van der Waals surface area (Å²) in [6.07, 6.45) is 2.26. The van der Waals surface area contributed by atoms with Gasteiger partial charge in [0.15, 0.2) is 0 Å². The number of ether oxygens (including phenoxy) is 1. The maximum Gasteiger partial charge on any atom is 0.306 e. The van der Waals surface area contributed by atoms with E-state index in [1.807, 2.05) is 32.9 Å². The molecule has 0 amide bonds. The molecule has 0 bridgehead atoms. The van der Waals surface area contributed by atoms with Gasteiger partial charge in [0.2, 0.25) is 0 Å². The average molecular weight is 346 g/mol. The van der Waals surface area contributed by atoms with Gasteiger partial charge in [0.1, 0.15) is 5.60 Å². The number of halogens is 1. The van der Waals surface area contributed by atoms with Gasteiger partial charge in [-0.2, -0.15) is 0 Å². The maximum absolute atomic E-state index is 11.5. The molecule has 0 saturated heterocycles. The molecule has 0 aliphatic rings. The average Bonchev–Trinajstić information content (AvgIpc) is 2.18. The van der Waals surface area contributed by atoms with Gasteiger partial charge in [0, 0.05) is 9.99 Å². The zero-order chi connectivity index (χ0) is 12.9. The number of rotatable bonds is 4. The Labute approximate surface area is 117 Å². The van der Waals surface area contributed by atoms with Crippen molar-refractivity contribution in [2.75, 3.05) is 0 Å². The lowest BCUT2D eigenvalue weighted by molar-refractivity contribution is -0.154. The second-order valence-corrected chi connectivity index (χ2v) is 6.19. The molecule has 0 aliphatic carbocycles. The molecule has 1 rings (SSSR count). The van der Waals surface area contributed by atoms with Crippen molar-refractivity contribution < 1.29 is 9.53 Å². The molecule has 0 aromatic heterocycles. The summed E-state index contributed by atoms with van der Waals surface area (Å²) >= 11 is 2.32. The quantitative estimate of drug-likeness (QED) is 0.609. The van der Waals surface area contributed by atoms with Crippen LogP contribution in [-0.2, 0) is 16.0 Å². The fourth-order valence-electron chi connectivity index (χ4n) is 1.52. The molecule has 2 nitrogen and oxygen atoms in total. The van der Waals surface area contributed by atoms with Gasteiger partial charge in [-0.15, -0.1) is 0 Å². The lowest BCUT2D eigenvalue weighted by Gasteiger charge is -2.19. The normalized spacial score (nSPS) is 11.3. The molecule has 0 aliphatic heterocycles. The van der Waals surface area contributed by atoms with E-state index in [1.54, 1.807) is 0 Å².